The van der Waals surface area contributed by atoms with Crippen LogP contribution in [0.2, 0.25) is 0 Å². The SMILES string of the molecule is Cc1ccccc1CN1CCC(CNC(=O)c2cncc(NC(=O)c3ccnc(NC(=O)C4CC4)c3)c2)CC1. The predicted octanol–water partition coefficient (Wildman–Crippen LogP) is 4.03. The Morgan fingerprint density at radius 1 is 0.923 bits per heavy atom. The maximum absolute atomic E-state index is 12.8. The molecule has 5 rings (SSSR count). The van der Waals surface area contributed by atoms with Gasteiger partial charge in [-0.15, -0.1) is 0 Å². The maximum atomic E-state index is 12.8. The molecule has 0 unspecified atom stereocenters. The van der Waals surface area contributed by atoms with E-state index in [0.717, 1.165) is 45.3 Å². The molecule has 0 bridgehead atoms. The van der Waals surface area contributed by atoms with E-state index in [9.17, 15) is 14.4 Å². The largest absolute Gasteiger partial charge is 0.352 e. The number of hydrogen-bond donors (Lipinski definition) is 3. The first-order valence-corrected chi connectivity index (χ1v) is 13.5. The standard InChI is InChI=1S/C30H34N6O3/c1-20-4-2-3-5-24(20)19-36-12-9-21(10-13-36)16-33-28(37)25-14-26(18-31-17-25)34-30(39)23-8-11-32-27(15-23)35-29(38)22-6-7-22/h2-5,8,11,14-15,17-18,21-22H,6-7,9-10,12-13,16,19H2,1H3,(H,33,37)(H,34,39)(H,32,35,38). The summed E-state index contributed by atoms with van der Waals surface area (Å²) in [5.74, 6) is 0.147. The zero-order valence-corrected chi connectivity index (χ0v) is 22.2. The zero-order valence-electron chi connectivity index (χ0n) is 22.2. The summed E-state index contributed by atoms with van der Waals surface area (Å²) in [6.07, 6.45) is 8.31. The Hall–Kier alpha value is -4.11. The zero-order chi connectivity index (χ0) is 27.2. The average molecular weight is 527 g/mol. The highest BCUT2D eigenvalue weighted by Crippen LogP contribution is 2.30. The van der Waals surface area contributed by atoms with Crippen LogP contribution in [0.3, 0.4) is 0 Å². The smallest absolute Gasteiger partial charge is 0.255 e. The van der Waals surface area contributed by atoms with Crippen molar-refractivity contribution >= 4 is 29.2 Å². The molecular weight excluding hydrogens is 492 g/mol. The minimum atomic E-state index is -0.379. The number of piperidine rings is 1. The molecule has 3 N–H and O–H groups in total. The molecule has 9 heteroatoms. The highest BCUT2D eigenvalue weighted by molar-refractivity contribution is 6.05. The summed E-state index contributed by atoms with van der Waals surface area (Å²) < 4.78 is 0. The third kappa shape index (κ3) is 7.26. The minimum Gasteiger partial charge on any atom is -0.352 e. The van der Waals surface area contributed by atoms with E-state index < -0.39 is 0 Å². The second-order valence-corrected chi connectivity index (χ2v) is 10.5. The molecule has 0 atom stereocenters. The van der Waals surface area contributed by atoms with Gasteiger partial charge in [0.15, 0.2) is 0 Å². The van der Waals surface area contributed by atoms with Gasteiger partial charge in [-0.2, -0.15) is 0 Å². The van der Waals surface area contributed by atoms with E-state index in [1.165, 1.54) is 35.8 Å². The van der Waals surface area contributed by atoms with Gasteiger partial charge < -0.3 is 16.0 Å². The molecule has 39 heavy (non-hydrogen) atoms. The van der Waals surface area contributed by atoms with Crippen molar-refractivity contribution in [1.29, 1.82) is 0 Å². The predicted molar refractivity (Wildman–Crippen MR) is 149 cm³/mol. The first kappa shape index (κ1) is 26.5. The number of rotatable bonds is 9. The fraction of sp³-hybridized carbons (Fsp3) is 0.367. The molecule has 1 aliphatic carbocycles. The van der Waals surface area contributed by atoms with Crippen LogP contribution in [-0.4, -0.2) is 52.2 Å². The Bertz CT molecular complexity index is 1350. The van der Waals surface area contributed by atoms with Crippen molar-refractivity contribution in [1.82, 2.24) is 20.2 Å². The molecule has 3 aromatic rings. The van der Waals surface area contributed by atoms with E-state index in [-0.39, 0.29) is 23.6 Å². The normalized spacial score (nSPS) is 15.9. The van der Waals surface area contributed by atoms with Crippen molar-refractivity contribution in [2.24, 2.45) is 11.8 Å². The van der Waals surface area contributed by atoms with E-state index in [4.69, 9.17) is 0 Å². The molecule has 3 amide bonds. The van der Waals surface area contributed by atoms with Gasteiger partial charge in [0.25, 0.3) is 11.8 Å². The van der Waals surface area contributed by atoms with Crippen molar-refractivity contribution in [3.05, 3.63) is 83.3 Å². The van der Waals surface area contributed by atoms with E-state index >= 15 is 0 Å². The van der Waals surface area contributed by atoms with E-state index in [1.54, 1.807) is 12.1 Å². The van der Waals surface area contributed by atoms with Crippen LogP contribution in [0.4, 0.5) is 11.5 Å². The Balaban J connectivity index is 1.09. The van der Waals surface area contributed by atoms with Crippen molar-refractivity contribution in [3.63, 3.8) is 0 Å². The lowest BCUT2D eigenvalue weighted by Crippen LogP contribution is -2.38. The molecule has 0 radical (unpaired) electrons. The highest BCUT2D eigenvalue weighted by atomic mass is 16.2. The lowest BCUT2D eigenvalue weighted by Gasteiger charge is -2.32. The summed E-state index contributed by atoms with van der Waals surface area (Å²) in [4.78, 5) is 48.3. The molecule has 0 spiro atoms. The van der Waals surface area contributed by atoms with Crippen molar-refractivity contribution in [2.75, 3.05) is 30.3 Å². The summed E-state index contributed by atoms with van der Waals surface area (Å²) in [5, 5.41) is 8.56. The molecule has 3 heterocycles. The van der Waals surface area contributed by atoms with Crippen LogP contribution in [0.1, 0.15) is 57.5 Å². The number of nitrogens with one attached hydrogen (secondary N) is 3. The monoisotopic (exact) mass is 526 g/mol. The van der Waals surface area contributed by atoms with Crippen molar-refractivity contribution < 1.29 is 14.4 Å². The molecule has 2 fully saturated rings. The second kappa shape index (κ2) is 12.2. The highest BCUT2D eigenvalue weighted by Gasteiger charge is 2.30. The molecule has 1 aliphatic heterocycles. The van der Waals surface area contributed by atoms with Crippen LogP contribution >= 0.6 is 0 Å². The van der Waals surface area contributed by atoms with Gasteiger partial charge in [-0.1, -0.05) is 24.3 Å². The molecule has 202 valence electrons. The van der Waals surface area contributed by atoms with Crippen molar-refractivity contribution in [2.45, 2.75) is 39.2 Å². The van der Waals surface area contributed by atoms with E-state index in [1.807, 2.05) is 0 Å². The fourth-order valence-electron chi connectivity index (χ4n) is 4.77. The first-order valence-electron chi connectivity index (χ1n) is 13.5. The number of carbonyl (C=O) groups is 3. The van der Waals surface area contributed by atoms with Crippen LogP contribution in [0, 0.1) is 18.8 Å². The number of likely N-dealkylation sites (tertiary alicyclic amines) is 1. The number of carbonyl (C=O) groups excluding carboxylic acids is 3. The Morgan fingerprint density at radius 2 is 1.72 bits per heavy atom. The lowest BCUT2D eigenvalue weighted by atomic mass is 9.96. The summed E-state index contributed by atoms with van der Waals surface area (Å²) >= 11 is 0. The Kier molecular flexibility index (Phi) is 8.27. The Morgan fingerprint density at radius 3 is 2.49 bits per heavy atom. The third-order valence-electron chi connectivity index (χ3n) is 7.39. The van der Waals surface area contributed by atoms with Crippen LogP contribution in [0.15, 0.2) is 61.1 Å². The number of pyridine rings is 2. The number of aromatic nitrogens is 2. The van der Waals surface area contributed by atoms with Crippen LogP contribution in [0.5, 0.6) is 0 Å². The average Bonchev–Trinajstić information content (AvgIpc) is 3.80. The summed E-state index contributed by atoms with van der Waals surface area (Å²) in [7, 11) is 0. The minimum absolute atomic E-state index is 0.0426. The van der Waals surface area contributed by atoms with Crippen LogP contribution < -0.4 is 16.0 Å². The number of amides is 3. The fourth-order valence-corrected chi connectivity index (χ4v) is 4.77. The van der Waals surface area contributed by atoms with Gasteiger partial charge in [-0.05, 0) is 80.9 Å². The molecule has 1 saturated heterocycles. The Labute approximate surface area is 228 Å². The van der Waals surface area contributed by atoms with Crippen LogP contribution in [-0.2, 0) is 11.3 Å². The van der Waals surface area contributed by atoms with Gasteiger partial charge in [-0.25, -0.2) is 4.98 Å². The number of aryl methyl sites for hydroxylation is 1. The molecule has 9 nitrogen and oxygen atoms in total. The maximum Gasteiger partial charge on any atom is 0.255 e. The molecule has 2 aromatic heterocycles. The quantitative estimate of drug-likeness (QED) is 0.388. The van der Waals surface area contributed by atoms with E-state index in [0.29, 0.717) is 35.1 Å². The van der Waals surface area contributed by atoms with Gasteiger partial charge in [0.2, 0.25) is 5.91 Å². The number of benzene rings is 1. The molecular formula is C30H34N6O3. The number of anilines is 2. The number of hydrogen-bond acceptors (Lipinski definition) is 6. The van der Waals surface area contributed by atoms with E-state index in [2.05, 4.69) is 62.0 Å². The third-order valence-corrected chi connectivity index (χ3v) is 7.39. The summed E-state index contributed by atoms with van der Waals surface area (Å²) in [6.45, 7) is 5.75. The van der Waals surface area contributed by atoms with Gasteiger partial charge in [0.05, 0.1) is 17.4 Å². The van der Waals surface area contributed by atoms with Gasteiger partial charge >= 0.3 is 0 Å². The molecule has 2 aliphatic rings. The summed E-state index contributed by atoms with van der Waals surface area (Å²) in [6, 6.07) is 13.2. The second-order valence-electron chi connectivity index (χ2n) is 10.5. The molecule has 1 aromatic carbocycles. The molecule has 1 saturated carbocycles. The summed E-state index contributed by atoms with van der Waals surface area (Å²) in [5.41, 5.74) is 3.84. The van der Waals surface area contributed by atoms with Crippen molar-refractivity contribution in [3.8, 4) is 0 Å². The van der Waals surface area contributed by atoms with Gasteiger partial charge in [-0.3, -0.25) is 24.3 Å². The lowest BCUT2D eigenvalue weighted by molar-refractivity contribution is -0.117. The van der Waals surface area contributed by atoms with Gasteiger partial charge in [0.1, 0.15) is 5.82 Å². The van der Waals surface area contributed by atoms with Crippen LogP contribution in [0.25, 0.3) is 0 Å². The topological polar surface area (TPSA) is 116 Å². The number of nitrogens with zero attached hydrogens (tertiary/aromatic N) is 3. The van der Waals surface area contributed by atoms with Gasteiger partial charge in [0, 0.05) is 37.0 Å². The first-order chi connectivity index (χ1) is 18.9.